The van der Waals surface area contributed by atoms with Gasteiger partial charge in [-0.15, -0.1) is 0 Å². The van der Waals surface area contributed by atoms with E-state index in [0.29, 0.717) is 0 Å². The van der Waals surface area contributed by atoms with Gasteiger partial charge in [-0.2, -0.15) is 0 Å². The standard InChI is InChI=1S/C21H16N2/c1-15-14-20(16-6-10-22-11-7-16)18-4-2-3-5-19(18)21(15)17-8-12-23-13-9-17/h2-14H,1H3. The molecule has 0 spiro atoms. The van der Waals surface area contributed by atoms with Crippen molar-refractivity contribution in [1.82, 2.24) is 9.97 Å². The van der Waals surface area contributed by atoms with Crippen LogP contribution in [0.1, 0.15) is 5.56 Å². The summed E-state index contributed by atoms with van der Waals surface area (Å²) in [6.07, 6.45) is 7.38. The summed E-state index contributed by atoms with van der Waals surface area (Å²) in [7, 11) is 0. The fraction of sp³-hybridized carbons (Fsp3) is 0.0476. The molecule has 4 rings (SSSR count). The summed E-state index contributed by atoms with van der Waals surface area (Å²) >= 11 is 0. The molecule has 0 fully saturated rings. The maximum atomic E-state index is 4.14. The van der Waals surface area contributed by atoms with Gasteiger partial charge in [-0.3, -0.25) is 9.97 Å². The topological polar surface area (TPSA) is 25.8 Å². The van der Waals surface area contributed by atoms with Gasteiger partial charge >= 0.3 is 0 Å². The Balaban J connectivity index is 2.07. The van der Waals surface area contributed by atoms with Gasteiger partial charge in [-0.05, 0) is 69.8 Å². The second-order valence-electron chi connectivity index (χ2n) is 5.63. The number of hydrogen-bond acceptors (Lipinski definition) is 2. The van der Waals surface area contributed by atoms with E-state index >= 15 is 0 Å². The molecule has 0 saturated carbocycles. The first kappa shape index (κ1) is 13.6. The average Bonchev–Trinajstić information content (AvgIpc) is 2.62. The summed E-state index contributed by atoms with van der Waals surface area (Å²) in [6.45, 7) is 2.17. The number of pyridine rings is 2. The van der Waals surface area contributed by atoms with E-state index in [0.717, 1.165) is 0 Å². The van der Waals surface area contributed by atoms with E-state index in [1.54, 1.807) is 0 Å². The fourth-order valence-corrected chi connectivity index (χ4v) is 3.19. The van der Waals surface area contributed by atoms with Gasteiger partial charge in [0.05, 0.1) is 0 Å². The van der Waals surface area contributed by atoms with Crippen LogP contribution in [-0.2, 0) is 0 Å². The minimum absolute atomic E-state index is 1.19. The van der Waals surface area contributed by atoms with E-state index in [-0.39, 0.29) is 0 Å². The molecule has 0 atom stereocenters. The lowest BCUT2D eigenvalue weighted by Gasteiger charge is -2.15. The van der Waals surface area contributed by atoms with E-state index in [9.17, 15) is 0 Å². The van der Waals surface area contributed by atoms with E-state index in [1.165, 1.54) is 38.6 Å². The lowest BCUT2D eigenvalue weighted by molar-refractivity contribution is 1.32. The Kier molecular flexibility index (Phi) is 3.35. The van der Waals surface area contributed by atoms with Crippen LogP contribution in [0.5, 0.6) is 0 Å². The van der Waals surface area contributed by atoms with Gasteiger partial charge < -0.3 is 0 Å². The molecule has 2 aromatic heterocycles. The van der Waals surface area contributed by atoms with Gasteiger partial charge in [0.1, 0.15) is 0 Å². The molecule has 0 saturated heterocycles. The van der Waals surface area contributed by atoms with Crippen molar-refractivity contribution >= 4 is 10.8 Å². The normalized spacial score (nSPS) is 10.8. The minimum Gasteiger partial charge on any atom is -0.265 e. The molecule has 0 bridgehead atoms. The van der Waals surface area contributed by atoms with Crippen molar-refractivity contribution in [2.45, 2.75) is 6.92 Å². The van der Waals surface area contributed by atoms with Gasteiger partial charge in [0, 0.05) is 24.8 Å². The lowest BCUT2D eigenvalue weighted by atomic mass is 9.89. The number of aromatic nitrogens is 2. The first-order valence-electron chi connectivity index (χ1n) is 7.68. The molecule has 0 aliphatic rings. The summed E-state index contributed by atoms with van der Waals surface area (Å²) in [5.41, 5.74) is 6.19. The number of nitrogens with zero attached hydrogens (tertiary/aromatic N) is 2. The van der Waals surface area contributed by atoms with Gasteiger partial charge in [0.2, 0.25) is 0 Å². The van der Waals surface area contributed by atoms with Crippen molar-refractivity contribution in [3.8, 4) is 22.3 Å². The summed E-state index contributed by atoms with van der Waals surface area (Å²) in [4.78, 5) is 8.27. The number of hydrogen-bond donors (Lipinski definition) is 0. The summed E-state index contributed by atoms with van der Waals surface area (Å²) < 4.78 is 0. The molecular formula is C21H16N2. The number of fused-ring (bicyclic) bond motifs is 1. The number of benzene rings is 2. The van der Waals surface area contributed by atoms with Gasteiger partial charge in [0.25, 0.3) is 0 Å². The second kappa shape index (κ2) is 5.65. The van der Waals surface area contributed by atoms with E-state index < -0.39 is 0 Å². The fourth-order valence-electron chi connectivity index (χ4n) is 3.19. The van der Waals surface area contributed by atoms with Crippen molar-refractivity contribution < 1.29 is 0 Å². The molecule has 2 aromatic carbocycles. The Morgan fingerprint density at radius 2 is 1.22 bits per heavy atom. The van der Waals surface area contributed by atoms with Crippen LogP contribution < -0.4 is 0 Å². The molecule has 2 nitrogen and oxygen atoms in total. The van der Waals surface area contributed by atoms with Gasteiger partial charge in [-0.25, -0.2) is 0 Å². The highest BCUT2D eigenvalue weighted by Crippen LogP contribution is 2.37. The predicted molar refractivity (Wildman–Crippen MR) is 95.1 cm³/mol. The van der Waals surface area contributed by atoms with Crippen LogP contribution in [0.2, 0.25) is 0 Å². The smallest absolute Gasteiger partial charge is 0.0273 e. The molecule has 0 radical (unpaired) electrons. The molecular weight excluding hydrogens is 280 g/mol. The molecule has 2 heterocycles. The Hall–Kier alpha value is -3.00. The first-order chi connectivity index (χ1) is 11.3. The maximum Gasteiger partial charge on any atom is 0.0273 e. The van der Waals surface area contributed by atoms with E-state index in [4.69, 9.17) is 0 Å². The Labute approximate surface area is 135 Å². The molecule has 110 valence electrons. The third-order valence-corrected chi connectivity index (χ3v) is 4.20. The molecule has 0 aliphatic heterocycles. The molecule has 4 aromatic rings. The van der Waals surface area contributed by atoms with Crippen LogP contribution in [0.4, 0.5) is 0 Å². The Morgan fingerprint density at radius 1 is 0.652 bits per heavy atom. The molecule has 0 aliphatic carbocycles. The zero-order valence-electron chi connectivity index (χ0n) is 12.9. The summed E-state index contributed by atoms with van der Waals surface area (Å²) in [5, 5.41) is 2.53. The van der Waals surface area contributed by atoms with Crippen molar-refractivity contribution in [3.05, 3.63) is 84.9 Å². The summed E-state index contributed by atoms with van der Waals surface area (Å²) in [6, 6.07) is 19.1. The van der Waals surface area contributed by atoms with Crippen LogP contribution in [0.25, 0.3) is 33.0 Å². The largest absolute Gasteiger partial charge is 0.265 e. The highest BCUT2D eigenvalue weighted by atomic mass is 14.6. The predicted octanol–water partition coefficient (Wildman–Crippen LogP) is 5.27. The SMILES string of the molecule is Cc1cc(-c2ccncc2)c2ccccc2c1-c1ccncc1. The third-order valence-electron chi connectivity index (χ3n) is 4.20. The summed E-state index contributed by atoms with van der Waals surface area (Å²) in [5.74, 6) is 0. The molecule has 0 amide bonds. The van der Waals surface area contributed by atoms with Crippen molar-refractivity contribution in [2.75, 3.05) is 0 Å². The van der Waals surface area contributed by atoms with Crippen LogP contribution in [0.3, 0.4) is 0 Å². The van der Waals surface area contributed by atoms with Crippen molar-refractivity contribution in [3.63, 3.8) is 0 Å². The number of aryl methyl sites for hydroxylation is 1. The van der Waals surface area contributed by atoms with Gasteiger partial charge in [-0.1, -0.05) is 30.3 Å². The monoisotopic (exact) mass is 296 g/mol. The Morgan fingerprint density at radius 3 is 1.87 bits per heavy atom. The van der Waals surface area contributed by atoms with Crippen LogP contribution >= 0.6 is 0 Å². The lowest BCUT2D eigenvalue weighted by Crippen LogP contribution is -1.90. The third kappa shape index (κ3) is 2.38. The minimum atomic E-state index is 1.19. The first-order valence-corrected chi connectivity index (χ1v) is 7.68. The molecule has 0 unspecified atom stereocenters. The second-order valence-corrected chi connectivity index (χ2v) is 5.63. The van der Waals surface area contributed by atoms with E-state index in [1.807, 2.05) is 24.8 Å². The number of rotatable bonds is 2. The average molecular weight is 296 g/mol. The van der Waals surface area contributed by atoms with Crippen LogP contribution in [0, 0.1) is 6.92 Å². The van der Waals surface area contributed by atoms with Gasteiger partial charge in [0.15, 0.2) is 0 Å². The van der Waals surface area contributed by atoms with Crippen molar-refractivity contribution in [2.24, 2.45) is 0 Å². The zero-order chi connectivity index (χ0) is 15.6. The Bertz CT molecular complexity index is 961. The molecule has 2 heteroatoms. The molecule has 23 heavy (non-hydrogen) atoms. The van der Waals surface area contributed by atoms with Crippen LogP contribution in [-0.4, -0.2) is 9.97 Å². The highest BCUT2D eigenvalue weighted by molar-refractivity contribution is 6.06. The van der Waals surface area contributed by atoms with Crippen LogP contribution in [0.15, 0.2) is 79.4 Å². The maximum absolute atomic E-state index is 4.14. The highest BCUT2D eigenvalue weighted by Gasteiger charge is 2.12. The van der Waals surface area contributed by atoms with E-state index in [2.05, 4.69) is 71.5 Å². The molecule has 0 N–H and O–H groups in total. The zero-order valence-corrected chi connectivity index (χ0v) is 12.9. The van der Waals surface area contributed by atoms with Crippen molar-refractivity contribution in [1.29, 1.82) is 0 Å². The quantitative estimate of drug-likeness (QED) is 0.503.